The zero-order chi connectivity index (χ0) is 9.84. The van der Waals surface area contributed by atoms with Gasteiger partial charge in [0.2, 0.25) is 5.91 Å². The summed E-state index contributed by atoms with van der Waals surface area (Å²) in [6, 6.07) is -0.0547. The maximum absolute atomic E-state index is 11.4. The van der Waals surface area contributed by atoms with Gasteiger partial charge in [0.1, 0.15) is 0 Å². The maximum atomic E-state index is 11.4. The van der Waals surface area contributed by atoms with Crippen LogP contribution < -0.4 is 11.1 Å². The van der Waals surface area contributed by atoms with Gasteiger partial charge in [-0.15, -0.1) is 0 Å². The molecule has 0 aliphatic heterocycles. The van der Waals surface area contributed by atoms with Crippen LogP contribution >= 0.6 is 0 Å². The van der Waals surface area contributed by atoms with Gasteiger partial charge in [-0.05, 0) is 19.3 Å². The summed E-state index contributed by atoms with van der Waals surface area (Å²) in [4.78, 5) is 11.4. The van der Waals surface area contributed by atoms with Crippen molar-refractivity contribution in [2.45, 2.75) is 39.2 Å². The lowest BCUT2D eigenvalue weighted by molar-refractivity contribution is -0.124. The number of carbonyl (C=O) groups is 1. The minimum absolute atomic E-state index is 0.0547. The molecule has 2 atom stereocenters. The molecule has 1 aliphatic carbocycles. The van der Waals surface area contributed by atoms with Gasteiger partial charge >= 0.3 is 0 Å². The molecule has 1 rings (SSSR count). The molecule has 0 radical (unpaired) electrons. The van der Waals surface area contributed by atoms with Gasteiger partial charge in [0.25, 0.3) is 0 Å². The molecule has 0 saturated heterocycles. The lowest BCUT2D eigenvalue weighted by atomic mass is 10.0. The predicted octanol–water partition coefficient (Wildman–Crippen LogP) is 0.886. The lowest BCUT2D eigenvalue weighted by Gasteiger charge is -2.14. The Bertz CT molecular complexity index is 176. The summed E-state index contributed by atoms with van der Waals surface area (Å²) in [7, 11) is 0. The van der Waals surface area contributed by atoms with Gasteiger partial charge in [-0.3, -0.25) is 4.79 Å². The minimum atomic E-state index is -0.0702. The first kappa shape index (κ1) is 10.5. The molecule has 3 N–H and O–H groups in total. The summed E-state index contributed by atoms with van der Waals surface area (Å²) < 4.78 is 0. The van der Waals surface area contributed by atoms with Crippen LogP contribution in [0.2, 0.25) is 0 Å². The quantitative estimate of drug-likeness (QED) is 0.666. The number of hydrogen-bond acceptors (Lipinski definition) is 2. The van der Waals surface area contributed by atoms with Crippen molar-refractivity contribution in [2.75, 3.05) is 6.54 Å². The molecule has 3 nitrogen and oxygen atoms in total. The molecule has 0 spiro atoms. The van der Waals surface area contributed by atoms with E-state index in [0.717, 1.165) is 18.9 Å². The second-order valence-electron chi connectivity index (χ2n) is 4.17. The van der Waals surface area contributed by atoms with E-state index in [4.69, 9.17) is 5.73 Å². The Balaban J connectivity index is 2.08. The van der Waals surface area contributed by atoms with Crippen LogP contribution in [0, 0.1) is 11.8 Å². The molecule has 0 aromatic heterocycles. The first-order valence-corrected chi connectivity index (χ1v) is 5.14. The SMILES string of the molecule is CC(N)C(C)C(=O)NCCC1CC1. The summed E-state index contributed by atoms with van der Waals surface area (Å²) in [6.45, 7) is 4.56. The van der Waals surface area contributed by atoms with Crippen LogP contribution in [0.4, 0.5) is 0 Å². The normalized spacial score (nSPS) is 20.8. The first-order chi connectivity index (χ1) is 6.11. The first-order valence-electron chi connectivity index (χ1n) is 5.14. The van der Waals surface area contributed by atoms with Crippen molar-refractivity contribution < 1.29 is 4.79 Å². The highest BCUT2D eigenvalue weighted by Gasteiger charge is 2.21. The van der Waals surface area contributed by atoms with Crippen LogP contribution in [-0.4, -0.2) is 18.5 Å². The number of rotatable bonds is 5. The Labute approximate surface area is 80.1 Å². The van der Waals surface area contributed by atoms with Crippen molar-refractivity contribution in [3.8, 4) is 0 Å². The van der Waals surface area contributed by atoms with Crippen molar-refractivity contribution >= 4 is 5.91 Å². The van der Waals surface area contributed by atoms with Crippen molar-refractivity contribution in [1.29, 1.82) is 0 Å². The summed E-state index contributed by atoms with van der Waals surface area (Å²) in [5.41, 5.74) is 5.62. The monoisotopic (exact) mass is 184 g/mol. The molecule has 2 unspecified atom stereocenters. The fraction of sp³-hybridized carbons (Fsp3) is 0.900. The second kappa shape index (κ2) is 4.61. The van der Waals surface area contributed by atoms with Gasteiger partial charge < -0.3 is 11.1 Å². The summed E-state index contributed by atoms with van der Waals surface area (Å²) in [5.74, 6) is 0.903. The van der Waals surface area contributed by atoms with Crippen LogP contribution in [0.1, 0.15) is 33.1 Å². The Kier molecular flexibility index (Phi) is 3.72. The lowest BCUT2D eigenvalue weighted by Crippen LogP contribution is -2.39. The largest absolute Gasteiger partial charge is 0.356 e. The van der Waals surface area contributed by atoms with Gasteiger partial charge in [0.05, 0.1) is 0 Å². The van der Waals surface area contributed by atoms with Gasteiger partial charge in [-0.25, -0.2) is 0 Å². The third-order valence-electron chi connectivity index (χ3n) is 2.75. The molecular formula is C10H20N2O. The Morgan fingerprint density at radius 2 is 2.15 bits per heavy atom. The highest BCUT2D eigenvalue weighted by Crippen LogP contribution is 2.31. The third kappa shape index (κ3) is 3.77. The molecule has 0 bridgehead atoms. The molecule has 76 valence electrons. The van der Waals surface area contributed by atoms with Crippen LogP contribution in [0.25, 0.3) is 0 Å². The van der Waals surface area contributed by atoms with E-state index in [2.05, 4.69) is 5.32 Å². The standard InChI is InChI=1S/C10H20N2O/c1-7(8(2)11)10(13)12-6-5-9-3-4-9/h7-9H,3-6,11H2,1-2H3,(H,12,13). The average molecular weight is 184 g/mol. The molecule has 1 fully saturated rings. The average Bonchev–Trinajstić information content (AvgIpc) is 2.86. The van der Waals surface area contributed by atoms with Crippen molar-refractivity contribution in [1.82, 2.24) is 5.32 Å². The molecule has 0 aromatic rings. The van der Waals surface area contributed by atoms with E-state index in [1.165, 1.54) is 12.8 Å². The molecule has 1 amide bonds. The topological polar surface area (TPSA) is 55.1 Å². The van der Waals surface area contributed by atoms with E-state index in [9.17, 15) is 4.79 Å². The van der Waals surface area contributed by atoms with Gasteiger partial charge in [-0.2, -0.15) is 0 Å². The zero-order valence-corrected chi connectivity index (χ0v) is 8.55. The van der Waals surface area contributed by atoms with Gasteiger partial charge in [0, 0.05) is 18.5 Å². The van der Waals surface area contributed by atoms with E-state index in [-0.39, 0.29) is 17.9 Å². The molecule has 13 heavy (non-hydrogen) atoms. The number of carbonyl (C=O) groups excluding carboxylic acids is 1. The van der Waals surface area contributed by atoms with E-state index >= 15 is 0 Å². The van der Waals surface area contributed by atoms with E-state index < -0.39 is 0 Å². The molecule has 0 heterocycles. The predicted molar refractivity (Wildman–Crippen MR) is 53.2 cm³/mol. The second-order valence-corrected chi connectivity index (χ2v) is 4.17. The van der Waals surface area contributed by atoms with Crippen LogP contribution in [-0.2, 0) is 4.79 Å². The van der Waals surface area contributed by atoms with E-state index in [0.29, 0.717) is 0 Å². The van der Waals surface area contributed by atoms with Crippen LogP contribution in [0.3, 0.4) is 0 Å². The number of amides is 1. The fourth-order valence-corrected chi connectivity index (χ4v) is 1.21. The number of hydrogen-bond donors (Lipinski definition) is 2. The van der Waals surface area contributed by atoms with Crippen LogP contribution in [0.5, 0.6) is 0 Å². The number of nitrogens with two attached hydrogens (primary N) is 1. The van der Waals surface area contributed by atoms with Crippen molar-refractivity contribution in [2.24, 2.45) is 17.6 Å². The smallest absolute Gasteiger partial charge is 0.224 e. The fourth-order valence-electron chi connectivity index (χ4n) is 1.21. The van der Waals surface area contributed by atoms with Crippen LogP contribution in [0.15, 0.2) is 0 Å². The minimum Gasteiger partial charge on any atom is -0.356 e. The molecule has 1 aliphatic rings. The van der Waals surface area contributed by atoms with E-state index in [1.807, 2.05) is 13.8 Å². The third-order valence-corrected chi connectivity index (χ3v) is 2.75. The summed E-state index contributed by atoms with van der Waals surface area (Å²) >= 11 is 0. The van der Waals surface area contributed by atoms with E-state index in [1.54, 1.807) is 0 Å². The zero-order valence-electron chi connectivity index (χ0n) is 8.55. The summed E-state index contributed by atoms with van der Waals surface area (Å²) in [6.07, 6.45) is 3.83. The highest BCUT2D eigenvalue weighted by atomic mass is 16.1. The summed E-state index contributed by atoms with van der Waals surface area (Å²) in [5, 5.41) is 2.92. The van der Waals surface area contributed by atoms with Gasteiger partial charge in [0.15, 0.2) is 0 Å². The molecule has 1 saturated carbocycles. The van der Waals surface area contributed by atoms with Gasteiger partial charge in [-0.1, -0.05) is 19.8 Å². The van der Waals surface area contributed by atoms with Crippen molar-refractivity contribution in [3.63, 3.8) is 0 Å². The number of nitrogens with one attached hydrogen (secondary N) is 1. The van der Waals surface area contributed by atoms with Crippen molar-refractivity contribution in [3.05, 3.63) is 0 Å². The molecule has 3 heteroatoms. The Morgan fingerprint density at radius 3 is 2.62 bits per heavy atom. The molecule has 0 aromatic carbocycles. The maximum Gasteiger partial charge on any atom is 0.224 e. The highest BCUT2D eigenvalue weighted by molar-refractivity contribution is 5.78. The molecular weight excluding hydrogens is 164 g/mol. The Morgan fingerprint density at radius 1 is 1.54 bits per heavy atom. The Hall–Kier alpha value is -0.570.